The Morgan fingerprint density at radius 1 is 1.38 bits per heavy atom. The molecule has 0 bridgehead atoms. The molecule has 1 aromatic heterocycles. The number of hydrogen-bond donors (Lipinski definition) is 1. The second-order valence-corrected chi connectivity index (χ2v) is 6.95. The van der Waals surface area contributed by atoms with Gasteiger partial charge in [-0.05, 0) is 65.3 Å². The summed E-state index contributed by atoms with van der Waals surface area (Å²) >= 11 is 5.16. The van der Waals surface area contributed by atoms with Crippen molar-refractivity contribution in [3.63, 3.8) is 0 Å². The van der Waals surface area contributed by atoms with Crippen LogP contribution in [-0.4, -0.2) is 41.1 Å². The van der Waals surface area contributed by atoms with E-state index in [2.05, 4.69) is 29.8 Å². The second-order valence-electron chi connectivity index (χ2n) is 6.51. The number of nitrogens with two attached hydrogens (primary N) is 1. The molecule has 2 N–H and O–H groups in total. The molecule has 0 amide bonds. The summed E-state index contributed by atoms with van der Waals surface area (Å²) in [5.74, 6) is 0.582. The standard InChI is InChI=1S/C16H25N3OS/c1-16(2,19(3)4)10-20-15-12(14(17)21)9-11-7-5-6-8-13(11)18-15/h9H,5-8,10H2,1-4H3,(H2,17,21). The van der Waals surface area contributed by atoms with Gasteiger partial charge in [-0.15, -0.1) is 0 Å². The molecule has 1 aliphatic rings. The van der Waals surface area contributed by atoms with Crippen LogP contribution in [0, 0.1) is 0 Å². The summed E-state index contributed by atoms with van der Waals surface area (Å²) in [6.07, 6.45) is 4.47. The zero-order valence-corrected chi connectivity index (χ0v) is 14.2. The fourth-order valence-electron chi connectivity index (χ4n) is 2.28. The Hall–Kier alpha value is -1.20. The van der Waals surface area contributed by atoms with Gasteiger partial charge in [0, 0.05) is 11.2 Å². The number of pyridine rings is 1. The lowest BCUT2D eigenvalue weighted by molar-refractivity contribution is 0.111. The lowest BCUT2D eigenvalue weighted by atomic mass is 9.95. The van der Waals surface area contributed by atoms with E-state index in [9.17, 15) is 0 Å². The number of hydrogen-bond acceptors (Lipinski definition) is 4. The van der Waals surface area contributed by atoms with Crippen LogP contribution >= 0.6 is 12.2 Å². The van der Waals surface area contributed by atoms with Gasteiger partial charge in [-0.1, -0.05) is 12.2 Å². The van der Waals surface area contributed by atoms with Gasteiger partial charge in [-0.3, -0.25) is 0 Å². The molecule has 0 aromatic carbocycles. The predicted octanol–water partition coefficient (Wildman–Crippen LogP) is 2.31. The van der Waals surface area contributed by atoms with E-state index in [4.69, 9.17) is 22.7 Å². The fourth-order valence-corrected chi connectivity index (χ4v) is 2.42. The Kier molecular flexibility index (Phi) is 4.84. The average Bonchev–Trinajstić information content (AvgIpc) is 2.43. The molecule has 21 heavy (non-hydrogen) atoms. The molecule has 0 spiro atoms. The van der Waals surface area contributed by atoms with Crippen molar-refractivity contribution in [3.8, 4) is 5.88 Å². The third-order valence-electron chi connectivity index (χ3n) is 4.30. The van der Waals surface area contributed by atoms with Crippen LogP contribution in [-0.2, 0) is 12.8 Å². The summed E-state index contributed by atoms with van der Waals surface area (Å²) in [7, 11) is 4.08. The number of ether oxygens (including phenoxy) is 1. The number of fused-ring (bicyclic) bond motifs is 1. The van der Waals surface area contributed by atoms with Gasteiger partial charge in [0.1, 0.15) is 11.6 Å². The third kappa shape index (κ3) is 3.71. The highest BCUT2D eigenvalue weighted by molar-refractivity contribution is 7.80. The molecule has 1 aromatic rings. The van der Waals surface area contributed by atoms with Crippen molar-refractivity contribution in [3.05, 3.63) is 22.9 Å². The summed E-state index contributed by atoms with van der Waals surface area (Å²) in [6, 6.07) is 2.07. The van der Waals surface area contributed by atoms with Gasteiger partial charge in [0.25, 0.3) is 0 Å². The maximum Gasteiger partial charge on any atom is 0.224 e. The Morgan fingerprint density at radius 3 is 2.67 bits per heavy atom. The largest absolute Gasteiger partial charge is 0.475 e. The minimum atomic E-state index is -0.0783. The smallest absolute Gasteiger partial charge is 0.224 e. The van der Waals surface area contributed by atoms with Crippen LogP contribution in [0.15, 0.2) is 6.07 Å². The topological polar surface area (TPSA) is 51.4 Å². The van der Waals surface area contributed by atoms with Gasteiger partial charge >= 0.3 is 0 Å². The van der Waals surface area contributed by atoms with Gasteiger partial charge in [0.2, 0.25) is 5.88 Å². The Balaban J connectivity index is 2.27. The van der Waals surface area contributed by atoms with Crippen molar-refractivity contribution in [2.24, 2.45) is 5.73 Å². The van der Waals surface area contributed by atoms with Gasteiger partial charge in [-0.25, -0.2) is 4.98 Å². The summed E-state index contributed by atoms with van der Waals surface area (Å²) in [5, 5.41) is 0. The molecule has 2 rings (SSSR count). The van der Waals surface area contributed by atoms with Crippen LogP contribution < -0.4 is 10.5 Å². The third-order valence-corrected chi connectivity index (χ3v) is 4.52. The first-order valence-electron chi connectivity index (χ1n) is 7.44. The Labute approximate surface area is 132 Å². The van der Waals surface area contributed by atoms with Crippen molar-refractivity contribution >= 4 is 17.2 Å². The maximum atomic E-state index is 5.97. The maximum absolute atomic E-state index is 5.97. The molecule has 0 radical (unpaired) electrons. The molecule has 1 heterocycles. The van der Waals surface area contributed by atoms with E-state index >= 15 is 0 Å². The molecule has 0 saturated carbocycles. The van der Waals surface area contributed by atoms with Crippen LogP contribution in [0.25, 0.3) is 0 Å². The number of aromatic nitrogens is 1. The molecule has 0 saturated heterocycles. The van der Waals surface area contributed by atoms with E-state index in [0.29, 0.717) is 17.5 Å². The Bertz CT molecular complexity index is 541. The molecule has 4 nitrogen and oxygen atoms in total. The highest BCUT2D eigenvalue weighted by Gasteiger charge is 2.24. The predicted molar refractivity (Wildman–Crippen MR) is 90.0 cm³/mol. The van der Waals surface area contributed by atoms with E-state index in [1.807, 2.05) is 14.1 Å². The molecular weight excluding hydrogens is 282 g/mol. The van der Waals surface area contributed by atoms with Crippen LogP contribution in [0.4, 0.5) is 0 Å². The van der Waals surface area contributed by atoms with Crippen molar-refractivity contribution in [2.75, 3.05) is 20.7 Å². The normalized spacial score (nSPS) is 14.9. The zero-order valence-electron chi connectivity index (χ0n) is 13.4. The van der Waals surface area contributed by atoms with Crippen LogP contribution in [0.3, 0.4) is 0 Å². The first-order valence-corrected chi connectivity index (χ1v) is 7.85. The van der Waals surface area contributed by atoms with Crippen molar-refractivity contribution in [1.29, 1.82) is 0 Å². The van der Waals surface area contributed by atoms with Crippen molar-refractivity contribution < 1.29 is 4.74 Å². The highest BCUT2D eigenvalue weighted by atomic mass is 32.1. The lowest BCUT2D eigenvalue weighted by Crippen LogP contribution is -2.43. The van der Waals surface area contributed by atoms with Gasteiger partial charge < -0.3 is 15.4 Å². The molecule has 0 unspecified atom stereocenters. The quantitative estimate of drug-likeness (QED) is 0.846. The SMILES string of the molecule is CN(C)C(C)(C)COc1nc2c(cc1C(N)=S)CCCC2. The molecule has 116 valence electrons. The number of rotatable bonds is 5. The van der Waals surface area contributed by atoms with Crippen LogP contribution in [0.1, 0.15) is 43.5 Å². The Morgan fingerprint density at radius 2 is 2.05 bits per heavy atom. The van der Waals surface area contributed by atoms with E-state index in [1.54, 1.807) is 0 Å². The van der Waals surface area contributed by atoms with E-state index in [0.717, 1.165) is 24.1 Å². The van der Waals surface area contributed by atoms with Gasteiger partial charge in [0.15, 0.2) is 0 Å². The minimum absolute atomic E-state index is 0.0783. The minimum Gasteiger partial charge on any atom is -0.475 e. The van der Waals surface area contributed by atoms with E-state index < -0.39 is 0 Å². The molecule has 0 aliphatic heterocycles. The molecular formula is C16H25N3OS. The van der Waals surface area contributed by atoms with Crippen molar-refractivity contribution in [2.45, 2.75) is 45.1 Å². The van der Waals surface area contributed by atoms with Gasteiger partial charge in [0.05, 0.1) is 5.56 Å². The monoisotopic (exact) mass is 307 g/mol. The molecule has 1 aliphatic carbocycles. The lowest BCUT2D eigenvalue weighted by Gasteiger charge is -2.32. The number of thiocarbonyl (C=S) groups is 1. The summed E-state index contributed by atoms with van der Waals surface area (Å²) in [5.41, 5.74) is 8.94. The van der Waals surface area contributed by atoms with Crippen LogP contribution in [0.5, 0.6) is 5.88 Å². The molecule has 5 heteroatoms. The number of nitrogens with zero attached hydrogens (tertiary/aromatic N) is 2. The highest BCUT2D eigenvalue weighted by Crippen LogP contribution is 2.26. The summed E-state index contributed by atoms with van der Waals surface area (Å²) in [4.78, 5) is 7.17. The van der Waals surface area contributed by atoms with Gasteiger partial charge in [-0.2, -0.15) is 0 Å². The first-order chi connectivity index (χ1) is 9.81. The summed E-state index contributed by atoms with van der Waals surface area (Å²) in [6.45, 7) is 4.80. The second kappa shape index (κ2) is 6.28. The van der Waals surface area contributed by atoms with Crippen molar-refractivity contribution in [1.82, 2.24) is 9.88 Å². The average molecular weight is 307 g/mol. The summed E-state index contributed by atoms with van der Waals surface area (Å²) < 4.78 is 5.97. The van der Waals surface area contributed by atoms with E-state index in [1.165, 1.54) is 18.4 Å². The van der Waals surface area contributed by atoms with Crippen LogP contribution in [0.2, 0.25) is 0 Å². The molecule has 0 fully saturated rings. The number of likely N-dealkylation sites (N-methyl/N-ethyl adjacent to an activating group) is 1. The molecule has 0 atom stereocenters. The fraction of sp³-hybridized carbons (Fsp3) is 0.625. The zero-order chi connectivity index (χ0) is 15.6. The number of aryl methyl sites for hydroxylation is 2. The first kappa shape index (κ1) is 16.2. The van der Waals surface area contributed by atoms with E-state index in [-0.39, 0.29) is 5.54 Å².